The van der Waals surface area contributed by atoms with Crippen molar-refractivity contribution >= 4 is 22.5 Å². The topological polar surface area (TPSA) is 84.3 Å². The van der Waals surface area contributed by atoms with Gasteiger partial charge in [0.15, 0.2) is 11.5 Å². The Morgan fingerprint density at radius 2 is 1.79 bits per heavy atom. The number of rotatable bonds is 5. The molecule has 0 aliphatic heterocycles. The molecule has 144 valence electrons. The summed E-state index contributed by atoms with van der Waals surface area (Å²) < 4.78 is 5.20. The van der Waals surface area contributed by atoms with Crippen molar-refractivity contribution in [1.82, 2.24) is 9.97 Å². The van der Waals surface area contributed by atoms with Crippen LogP contribution < -0.4 is 10.1 Å². The molecule has 29 heavy (non-hydrogen) atoms. The summed E-state index contributed by atoms with van der Waals surface area (Å²) in [5, 5.41) is 13.7. The molecule has 0 saturated heterocycles. The van der Waals surface area contributed by atoms with Crippen LogP contribution in [0.25, 0.3) is 10.9 Å². The lowest BCUT2D eigenvalue weighted by Gasteiger charge is -2.10. The van der Waals surface area contributed by atoms with Gasteiger partial charge in [0.05, 0.1) is 18.3 Å². The minimum absolute atomic E-state index is 0.0446. The van der Waals surface area contributed by atoms with Crippen molar-refractivity contribution in [2.75, 3.05) is 12.4 Å². The first-order chi connectivity index (χ1) is 14.1. The van der Waals surface area contributed by atoms with Gasteiger partial charge < -0.3 is 15.2 Å². The highest BCUT2D eigenvalue weighted by Crippen LogP contribution is 2.31. The number of phenols is 1. The molecule has 1 amide bonds. The molecule has 0 aliphatic rings. The van der Waals surface area contributed by atoms with Gasteiger partial charge in [0.2, 0.25) is 0 Å². The Bertz CT molecular complexity index is 1160. The van der Waals surface area contributed by atoms with Crippen LogP contribution in [-0.2, 0) is 6.42 Å². The van der Waals surface area contributed by atoms with Gasteiger partial charge in [0.25, 0.3) is 5.91 Å². The number of hydrogen-bond acceptors (Lipinski definition) is 5. The van der Waals surface area contributed by atoms with E-state index >= 15 is 0 Å². The van der Waals surface area contributed by atoms with Crippen molar-refractivity contribution in [3.63, 3.8) is 0 Å². The molecule has 0 bridgehead atoms. The molecule has 0 aliphatic carbocycles. The van der Waals surface area contributed by atoms with Crippen molar-refractivity contribution in [2.24, 2.45) is 0 Å². The predicted molar refractivity (Wildman–Crippen MR) is 111 cm³/mol. The van der Waals surface area contributed by atoms with Gasteiger partial charge in [-0.25, -0.2) is 9.97 Å². The number of carbonyl (C=O) groups is 1. The molecular weight excluding hydrogens is 366 g/mol. The first-order valence-corrected chi connectivity index (χ1v) is 9.10. The van der Waals surface area contributed by atoms with Crippen LogP contribution in [0.1, 0.15) is 21.6 Å². The van der Waals surface area contributed by atoms with E-state index in [0.717, 1.165) is 22.3 Å². The monoisotopic (exact) mass is 385 g/mol. The van der Waals surface area contributed by atoms with Crippen molar-refractivity contribution in [3.8, 4) is 11.5 Å². The number of benzene rings is 3. The summed E-state index contributed by atoms with van der Waals surface area (Å²) in [4.78, 5) is 20.9. The number of carbonyl (C=O) groups excluding carboxylic acids is 1. The lowest BCUT2D eigenvalue weighted by molar-refractivity contribution is 0.102. The second kappa shape index (κ2) is 7.98. The Balaban J connectivity index is 1.54. The van der Waals surface area contributed by atoms with Crippen LogP contribution in [0.5, 0.6) is 11.5 Å². The zero-order valence-electron chi connectivity index (χ0n) is 15.8. The number of aromatic nitrogens is 2. The summed E-state index contributed by atoms with van der Waals surface area (Å²) in [6.45, 7) is 0. The molecule has 4 aromatic rings. The highest BCUT2D eigenvalue weighted by Gasteiger charge is 2.11. The lowest BCUT2D eigenvalue weighted by atomic mass is 10.0. The number of aromatic hydroxyl groups is 1. The Labute approximate surface area is 167 Å². The molecule has 2 N–H and O–H groups in total. The normalized spacial score (nSPS) is 10.7. The smallest absolute Gasteiger partial charge is 0.255 e. The number of fused-ring (bicyclic) bond motifs is 1. The van der Waals surface area contributed by atoms with Crippen LogP contribution in [0.3, 0.4) is 0 Å². The number of methoxy groups -OCH3 is 1. The number of nitrogens with zero attached hydrogens (tertiary/aromatic N) is 2. The van der Waals surface area contributed by atoms with Gasteiger partial charge in [0, 0.05) is 29.1 Å². The first kappa shape index (κ1) is 18.4. The Morgan fingerprint density at radius 3 is 2.52 bits per heavy atom. The summed E-state index contributed by atoms with van der Waals surface area (Å²) in [5.41, 5.74) is 3.85. The van der Waals surface area contributed by atoms with Gasteiger partial charge in [-0.2, -0.15) is 0 Å². The maximum absolute atomic E-state index is 12.3. The quantitative estimate of drug-likeness (QED) is 0.538. The molecule has 1 heterocycles. The number of phenolic OH excluding ortho intramolecular Hbond substituents is 1. The van der Waals surface area contributed by atoms with Gasteiger partial charge in [-0.1, -0.05) is 30.3 Å². The standard InChI is InChI=1S/C23H19N3O3/c1-29-22-12-18-19(24-14-25-20(18)13-21(22)27)11-15-7-9-17(10-8-15)26-23(28)16-5-3-2-4-6-16/h2-10,12-14,27H,11H2,1H3,(H,26,28). The van der Waals surface area contributed by atoms with Gasteiger partial charge in [-0.3, -0.25) is 4.79 Å². The van der Waals surface area contributed by atoms with Gasteiger partial charge >= 0.3 is 0 Å². The molecule has 0 unspecified atom stereocenters. The zero-order chi connectivity index (χ0) is 20.2. The average molecular weight is 385 g/mol. The van der Waals surface area contributed by atoms with Crippen LogP contribution in [0.2, 0.25) is 0 Å². The number of anilines is 1. The van der Waals surface area contributed by atoms with Crippen LogP contribution in [0, 0.1) is 0 Å². The Hall–Kier alpha value is -3.93. The fraction of sp³-hybridized carbons (Fsp3) is 0.0870. The molecule has 0 atom stereocenters. The minimum atomic E-state index is -0.146. The highest BCUT2D eigenvalue weighted by atomic mass is 16.5. The SMILES string of the molecule is COc1cc2c(Cc3ccc(NC(=O)c4ccccc4)cc3)ncnc2cc1O. The molecule has 0 spiro atoms. The third-order valence-corrected chi connectivity index (χ3v) is 4.64. The van der Waals surface area contributed by atoms with Crippen LogP contribution in [0.15, 0.2) is 73.1 Å². The molecule has 3 aromatic carbocycles. The number of ether oxygens (including phenoxy) is 1. The molecule has 4 rings (SSSR count). The lowest BCUT2D eigenvalue weighted by Crippen LogP contribution is -2.11. The van der Waals surface area contributed by atoms with Crippen LogP contribution in [-0.4, -0.2) is 28.1 Å². The van der Waals surface area contributed by atoms with Crippen molar-refractivity contribution < 1.29 is 14.6 Å². The minimum Gasteiger partial charge on any atom is -0.504 e. The molecule has 1 aromatic heterocycles. The third kappa shape index (κ3) is 4.01. The zero-order valence-corrected chi connectivity index (χ0v) is 15.8. The largest absolute Gasteiger partial charge is 0.504 e. The molecule has 6 heteroatoms. The first-order valence-electron chi connectivity index (χ1n) is 9.10. The summed E-state index contributed by atoms with van der Waals surface area (Å²) in [7, 11) is 1.51. The van der Waals surface area contributed by atoms with Crippen molar-refractivity contribution in [3.05, 3.63) is 89.9 Å². The molecule has 0 radical (unpaired) electrons. The van der Waals surface area contributed by atoms with E-state index < -0.39 is 0 Å². The second-order valence-electron chi connectivity index (χ2n) is 6.56. The van der Waals surface area contributed by atoms with E-state index in [1.165, 1.54) is 13.4 Å². The third-order valence-electron chi connectivity index (χ3n) is 4.64. The Kier molecular flexibility index (Phi) is 5.07. The molecule has 6 nitrogen and oxygen atoms in total. The summed E-state index contributed by atoms with van der Waals surface area (Å²) in [5.74, 6) is 0.280. The highest BCUT2D eigenvalue weighted by molar-refractivity contribution is 6.04. The van der Waals surface area contributed by atoms with Crippen LogP contribution >= 0.6 is 0 Å². The van der Waals surface area contributed by atoms with Crippen LogP contribution in [0.4, 0.5) is 5.69 Å². The van der Waals surface area contributed by atoms with E-state index in [0.29, 0.717) is 23.3 Å². The van der Waals surface area contributed by atoms with E-state index in [-0.39, 0.29) is 11.7 Å². The summed E-state index contributed by atoms with van der Waals surface area (Å²) in [6.07, 6.45) is 2.07. The predicted octanol–water partition coefficient (Wildman–Crippen LogP) is 4.19. The Morgan fingerprint density at radius 1 is 1.03 bits per heavy atom. The number of amides is 1. The van der Waals surface area contributed by atoms with Gasteiger partial charge in [0.1, 0.15) is 6.33 Å². The van der Waals surface area contributed by atoms with Gasteiger partial charge in [-0.05, 0) is 35.9 Å². The van der Waals surface area contributed by atoms with E-state index in [4.69, 9.17) is 4.74 Å². The number of nitrogens with one attached hydrogen (secondary N) is 1. The maximum Gasteiger partial charge on any atom is 0.255 e. The fourth-order valence-corrected chi connectivity index (χ4v) is 3.12. The molecule has 0 saturated carbocycles. The second-order valence-corrected chi connectivity index (χ2v) is 6.56. The summed E-state index contributed by atoms with van der Waals surface area (Å²) >= 11 is 0. The van der Waals surface area contributed by atoms with Crippen molar-refractivity contribution in [1.29, 1.82) is 0 Å². The fourth-order valence-electron chi connectivity index (χ4n) is 3.12. The van der Waals surface area contributed by atoms with Gasteiger partial charge in [-0.15, -0.1) is 0 Å². The van der Waals surface area contributed by atoms with E-state index in [9.17, 15) is 9.90 Å². The van der Waals surface area contributed by atoms with E-state index in [1.807, 2.05) is 42.5 Å². The average Bonchev–Trinajstić information content (AvgIpc) is 2.75. The number of hydrogen-bond donors (Lipinski definition) is 2. The maximum atomic E-state index is 12.3. The van der Waals surface area contributed by atoms with Crippen molar-refractivity contribution in [2.45, 2.75) is 6.42 Å². The van der Waals surface area contributed by atoms with E-state index in [1.54, 1.807) is 24.3 Å². The molecule has 0 fully saturated rings. The molecular formula is C23H19N3O3. The summed E-state index contributed by atoms with van der Waals surface area (Å²) in [6, 6.07) is 20.0. The van der Waals surface area contributed by atoms with E-state index in [2.05, 4.69) is 15.3 Å².